The number of allylic oxidation sites excluding steroid dienone is 5. The molecule has 0 bridgehead atoms. The van der Waals surface area contributed by atoms with Gasteiger partial charge < -0.3 is 0 Å². The summed E-state index contributed by atoms with van der Waals surface area (Å²) in [5.74, 6) is 0. The van der Waals surface area contributed by atoms with Crippen LogP contribution in [0.25, 0.3) is 6.08 Å². The van der Waals surface area contributed by atoms with Crippen molar-refractivity contribution in [2.75, 3.05) is 0 Å². The molecule has 1 aromatic carbocycles. The van der Waals surface area contributed by atoms with Crippen molar-refractivity contribution in [2.24, 2.45) is 5.41 Å². The Morgan fingerprint density at radius 3 is 1.83 bits per heavy atom. The second-order valence-corrected chi connectivity index (χ2v) is 132. The third kappa shape index (κ3) is 2.32. The van der Waals surface area contributed by atoms with Gasteiger partial charge in [0.1, 0.15) is 0 Å². The first-order chi connectivity index (χ1) is 13.0. The van der Waals surface area contributed by atoms with Crippen LogP contribution >= 0.6 is 0 Å². The van der Waals surface area contributed by atoms with Gasteiger partial charge in [0.2, 0.25) is 0 Å². The minimum absolute atomic E-state index is 0.0563. The van der Waals surface area contributed by atoms with Gasteiger partial charge in [0.15, 0.2) is 0 Å². The molecule has 3 aliphatic rings. The van der Waals surface area contributed by atoms with E-state index >= 15 is 0 Å². The van der Waals surface area contributed by atoms with Gasteiger partial charge in [-0.3, -0.25) is 0 Å². The molecule has 0 fully saturated rings. The molecule has 0 aliphatic heterocycles. The molecule has 0 radical (unpaired) electrons. The molecule has 0 amide bonds. The molecule has 0 saturated carbocycles. The van der Waals surface area contributed by atoms with Gasteiger partial charge >= 0.3 is 175 Å². The van der Waals surface area contributed by atoms with Crippen molar-refractivity contribution in [1.29, 1.82) is 0 Å². The first-order valence-corrected chi connectivity index (χ1v) is 41.6. The number of hydrogen-bond donors (Lipinski definition) is 0. The zero-order valence-corrected chi connectivity index (χ0v) is 25.1. The van der Waals surface area contributed by atoms with Gasteiger partial charge in [-0.15, -0.1) is 0 Å². The molecule has 30 heavy (non-hydrogen) atoms. The summed E-state index contributed by atoms with van der Waals surface area (Å²) in [4.78, 5) is 0. The number of hydrogen-bond acceptors (Lipinski definition) is 0. The van der Waals surface area contributed by atoms with Gasteiger partial charge in [-0.2, -0.15) is 0 Å². The summed E-state index contributed by atoms with van der Waals surface area (Å²) >= 11 is -5.51. The topological polar surface area (TPSA) is 0 Å². The average molecular weight is 574 g/mol. The van der Waals surface area contributed by atoms with Crippen LogP contribution in [-0.2, 0) is 28.6 Å². The van der Waals surface area contributed by atoms with E-state index in [0.29, 0.717) is 9.09 Å². The molecule has 1 aromatic rings. The molecular weight excluding hydrogens is 527 g/mol. The molecule has 0 N–H and O–H groups in total. The summed E-state index contributed by atoms with van der Waals surface area (Å²) in [5.41, 5.74) is 6.71. The Bertz CT molecular complexity index is 1120. The average Bonchev–Trinajstić information content (AvgIpc) is 3.30. The van der Waals surface area contributed by atoms with Crippen molar-refractivity contribution >= 4 is 6.08 Å². The molecule has 1 unspecified atom stereocenters. The Morgan fingerprint density at radius 1 is 0.833 bits per heavy atom. The predicted molar refractivity (Wildman–Crippen MR) is 136 cm³/mol. The van der Waals surface area contributed by atoms with Gasteiger partial charge in [-0.25, -0.2) is 0 Å². The third-order valence-corrected chi connectivity index (χ3v) is 61.5. The maximum absolute atomic E-state index is 5.51. The standard InChI is InChI=1S/C17H21.C5H5.7CH3.Hf/c1-4-17(5-2)10-14-8-13-7-6-12(3)16(13)9-15(14)11-17;1-2-4-5-3-1;;;;;;;;/h6-9H,4-5,10-11H2,1-3H3;1-5H;7*1H3;. The summed E-state index contributed by atoms with van der Waals surface area (Å²) in [6.45, 7) is 7.34. The van der Waals surface area contributed by atoms with Crippen molar-refractivity contribution in [2.45, 2.75) is 86.1 Å². The Labute approximate surface area is 174 Å². The Kier molecular flexibility index (Phi) is 2.87. The SMILES string of the molecule is CCC1(CC)Cc2cc3c(cc2C1)[C](C)([Hf]([CH3])([CH3])([CH3])([CH3])([CH3])([CH3])([CH3])[CH]1C=CC=C1)C=C3. The number of rotatable bonds is 4. The number of fused-ring (bicyclic) bond motifs is 2. The molecule has 0 saturated heterocycles. The molecule has 0 nitrogen and oxygen atoms in total. The normalized spacial score (nSPS) is 31.7. The summed E-state index contributed by atoms with van der Waals surface area (Å²) in [6.07, 6.45) is 19.6. The Balaban J connectivity index is 2.06. The zero-order chi connectivity index (χ0) is 22.7. The van der Waals surface area contributed by atoms with Crippen molar-refractivity contribution in [3.63, 3.8) is 0 Å². The van der Waals surface area contributed by atoms with Crippen LogP contribution in [0.15, 0.2) is 42.5 Å². The van der Waals surface area contributed by atoms with E-state index in [1.54, 1.807) is 16.7 Å². The Hall–Kier alpha value is -0.690. The van der Waals surface area contributed by atoms with E-state index in [4.69, 9.17) is 0 Å². The van der Waals surface area contributed by atoms with Crippen molar-refractivity contribution in [1.82, 2.24) is 0 Å². The molecule has 0 aromatic heterocycles. The Morgan fingerprint density at radius 2 is 1.33 bits per heavy atom. The predicted octanol–water partition coefficient (Wildman–Crippen LogP) is 9.92. The minimum atomic E-state index is -5.51. The van der Waals surface area contributed by atoms with Gasteiger partial charge in [0.05, 0.1) is 0 Å². The van der Waals surface area contributed by atoms with Gasteiger partial charge in [0, 0.05) is 0 Å². The van der Waals surface area contributed by atoms with Crippen LogP contribution in [0.5, 0.6) is 0 Å². The second-order valence-electron chi connectivity index (χ2n) is 22.0. The van der Waals surface area contributed by atoms with Crippen molar-refractivity contribution in [3.8, 4) is 0 Å². The first-order valence-electron chi connectivity index (χ1n) is 12.6. The van der Waals surface area contributed by atoms with Crippen LogP contribution in [0.4, 0.5) is 0 Å². The summed E-state index contributed by atoms with van der Waals surface area (Å²) in [5, 5.41) is 0. The van der Waals surface area contributed by atoms with Gasteiger partial charge in [0.25, 0.3) is 0 Å². The molecule has 1 heteroatoms. The second kappa shape index (κ2) is 3.82. The van der Waals surface area contributed by atoms with Gasteiger partial charge in [-0.1, -0.05) is 0 Å². The van der Waals surface area contributed by atoms with E-state index < -0.39 is 12.6 Å². The van der Waals surface area contributed by atoms with E-state index in [1.165, 1.54) is 31.2 Å². The quantitative estimate of drug-likeness (QED) is 0.314. The van der Waals surface area contributed by atoms with Crippen LogP contribution in [0.3, 0.4) is 0 Å². The number of benzene rings is 1. The molecule has 0 heterocycles. The van der Waals surface area contributed by atoms with Crippen LogP contribution in [-0.4, -0.2) is 0 Å². The molecular formula is C29H47Hf. The van der Waals surface area contributed by atoms with Crippen LogP contribution in [0.1, 0.15) is 55.9 Å². The fourth-order valence-electron chi connectivity index (χ4n) is 7.47. The van der Waals surface area contributed by atoms with E-state index in [9.17, 15) is 0 Å². The molecule has 0 spiro atoms. The van der Waals surface area contributed by atoms with Crippen molar-refractivity contribution < 1.29 is 12.6 Å². The van der Waals surface area contributed by atoms with E-state index in [1.807, 2.05) is 0 Å². The van der Waals surface area contributed by atoms with E-state index in [-0.39, 0.29) is 3.17 Å². The fraction of sp³-hybridized carbons (Fsp3) is 0.586. The third-order valence-electron chi connectivity index (χ3n) is 12.3. The van der Waals surface area contributed by atoms with Crippen LogP contribution in [0.2, 0.25) is 36.4 Å². The fourth-order valence-corrected chi connectivity index (χ4v) is 34.1. The molecule has 3 aliphatic carbocycles. The molecule has 1 atom stereocenters. The molecule has 167 valence electrons. The van der Waals surface area contributed by atoms with Crippen LogP contribution in [0, 0.1) is 5.41 Å². The summed E-state index contributed by atoms with van der Waals surface area (Å²) in [6, 6.07) is 5.19. The molecule has 4 rings (SSSR count). The monoisotopic (exact) mass is 575 g/mol. The summed E-state index contributed by atoms with van der Waals surface area (Å²) < 4.78 is 19.3. The van der Waals surface area contributed by atoms with Crippen molar-refractivity contribution in [3.05, 3.63) is 64.8 Å². The first kappa shape index (κ1) is 22.5. The zero-order valence-electron chi connectivity index (χ0n) is 21.5. The van der Waals surface area contributed by atoms with E-state index in [0.717, 1.165) is 0 Å². The maximum atomic E-state index is 2.71. The summed E-state index contributed by atoms with van der Waals surface area (Å²) in [7, 11) is 0. The van der Waals surface area contributed by atoms with Gasteiger partial charge in [-0.05, 0) is 0 Å². The van der Waals surface area contributed by atoms with E-state index in [2.05, 4.69) is 102 Å². The van der Waals surface area contributed by atoms with Crippen LogP contribution < -0.4 is 0 Å².